The summed E-state index contributed by atoms with van der Waals surface area (Å²) in [5, 5.41) is 4.69. The molecule has 1 aliphatic heterocycles. The minimum absolute atomic E-state index is 0.251. The number of aromatic nitrogens is 2. The maximum Gasteiger partial charge on any atom is 0.259 e. The van der Waals surface area contributed by atoms with Gasteiger partial charge in [0.2, 0.25) is 5.91 Å². The third-order valence-corrected chi connectivity index (χ3v) is 5.91. The van der Waals surface area contributed by atoms with Crippen LogP contribution >= 0.6 is 11.6 Å². The molecule has 0 N–H and O–H groups in total. The Bertz CT molecular complexity index is 780. The molecule has 144 valence electrons. The number of halogens is 1. The Hall–Kier alpha value is -1.92. The van der Waals surface area contributed by atoms with Crippen LogP contribution in [0.25, 0.3) is 11.5 Å². The molecule has 1 aromatic carbocycles. The number of benzene rings is 1. The third-order valence-electron chi connectivity index (χ3n) is 5.58. The second kappa shape index (κ2) is 8.40. The molecule has 2 aliphatic rings. The van der Waals surface area contributed by atoms with Crippen molar-refractivity contribution in [2.45, 2.75) is 38.6 Å². The molecule has 27 heavy (non-hydrogen) atoms. The highest BCUT2D eigenvalue weighted by molar-refractivity contribution is 6.33. The normalized spacial score (nSPS) is 19.4. The number of nitrogens with zero attached hydrogens (tertiary/aromatic N) is 4. The lowest BCUT2D eigenvalue weighted by atomic mass is 9.88. The van der Waals surface area contributed by atoms with E-state index in [-0.39, 0.29) is 5.92 Å². The Kier molecular flexibility index (Phi) is 5.74. The first-order valence-electron chi connectivity index (χ1n) is 9.79. The summed E-state index contributed by atoms with van der Waals surface area (Å²) in [6, 6.07) is 7.45. The Morgan fingerprint density at radius 2 is 1.85 bits per heavy atom. The molecule has 0 bridgehead atoms. The van der Waals surface area contributed by atoms with E-state index in [0.29, 0.717) is 29.2 Å². The molecule has 1 aromatic heterocycles. The lowest BCUT2D eigenvalue weighted by molar-refractivity contribution is -0.138. The summed E-state index contributed by atoms with van der Waals surface area (Å²) in [6.07, 6.45) is 5.79. The van der Waals surface area contributed by atoms with Gasteiger partial charge in [-0.3, -0.25) is 9.69 Å². The molecule has 1 saturated carbocycles. The molecule has 6 nitrogen and oxygen atoms in total. The second-order valence-electron chi connectivity index (χ2n) is 7.43. The number of amides is 1. The zero-order valence-corrected chi connectivity index (χ0v) is 16.2. The molecule has 0 radical (unpaired) electrons. The first kappa shape index (κ1) is 18.4. The van der Waals surface area contributed by atoms with Gasteiger partial charge in [-0.2, -0.15) is 4.98 Å². The van der Waals surface area contributed by atoms with Gasteiger partial charge in [-0.1, -0.05) is 48.2 Å². The highest BCUT2D eigenvalue weighted by Crippen LogP contribution is 2.27. The predicted octanol–water partition coefficient (Wildman–Crippen LogP) is 3.61. The van der Waals surface area contributed by atoms with Crippen LogP contribution < -0.4 is 0 Å². The lowest BCUT2D eigenvalue weighted by Crippen LogP contribution is -2.50. The van der Waals surface area contributed by atoms with Gasteiger partial charge < -0.3 is 9.42 Å². The summed E-state index contributed by atoms with van der Waals surface area (Å²) in [4.78, 5) is 21.5. The summed E-state index contributed by atoms with van der Waals surface area (Å²) in [5.41, 5.74) is 0.751. The van der Waals surface area contributed by atoms with Crippen molar-refractivity contribution in [2.75, 3.05) is 26.2 Å². The molecule has 2 heterocycles. The zero-order chi connectivity index (χ0) is 18.6. The van der Waals surface area contributed by atoms with Crippen LogP contribution in [0.5, 0.6) is 0 Å². The Morgan fingerprint density at radius 3 is 2.59 bits per heavy atom. The molecule has 0 atom stereocenters. The van der Waals surface area contributed by atoms with Crippen LogP contribution in [0, 0.1) is 5.92 Å². The maximum absolute atomic E-state index is 12.7. The van der Waals surface area contributed by atoms with Gasteiger partial charge in [-0.05, 0) is 25.0 Å². The molecule has 4 rings (SSSR count). The molecular formula is C20H25ClN4O2. The van der Waals surface area contributed by atoms with Gasteiger partial charge in [0.05, 0.1) is 17.1 Å². The van der Waals surface area contributed by atoms with Gasteiger partial charge in [0.25, 0.3) is 5.89 Å². The number of hydrogen-bond donors (Lipinski definition) is 0. The van der Waals surface area contributed by atoms with Gasteiger partial charge >= 0.3 is 0 Å². The monoisotopic (exact) mass is 388 g/mol. The molecule has 7 heteroatoms. The fourth-order valence-electron chi connectivity index (χ4n) is 4.00. The highest BCUT2D eigenvalue weighted by atomic mass is 35.5. The smallest absolute Gasteiger partial charge is 0.259 e. The van der Waals surface area contributed by atoms with Crippen LogP contribution in [0.2, 0.25) is 5.02 Å². The fraction of sp³-hybridized carbons (Fsp3) is 0.550. The standard InChI is InChI=1S/C20H25ClN4O2/c21-17-9-5-4-8-16(17)19-22-18(23-27-19)14-24-10-12-25(13-11-24)20(26)15-6-2-1-3-7-15/h4-5,8-9,15H,1-3,6-7,10-14H2. The first-order valence-corrected chi connectivity index (χ1v) is 10.2. The second-order valence-corrected chi connectivity index (χ2v) is 7.84. The van der Waals surface area contributed by atoms with E-state index in [1.807, 2.05) is 29.2 Å². The fourth-order valence-corrected chi connectivity index (χ4v) is 4.21. The van der Waals surface area contributed by atoms with Crippen molar-refractivity contribution in [2.24, 2.45) is 5.92 Å². The van der Waals surface area contributed by atoms with Crippen LogP contribution in [0.1, 0.15) is 37.9 Å². The molecule has 2 aromatic rings. The molecule has 1 saturated heterocycles. The summed E-state index contributed by atoms with van der Waals surface area (Å²) in [6.45, 7) is 3.87. The highest BCUT2D eigenvalue weighted by Gasteiger charge is 2.28. The zero-order valence-electron chi connectivity index (χ0n) is 15.4. The van der Waals surface area contributed by atoms with Gasteiger partial charge in [-0.25, -0.2) is 0 Å². The maximum atomic E-state index is 12.7. The van der Waals surface area contributed by atoms with E-state index in [9.17, 15) is 4.79 Å². The summed E-state index contributed by atoms with van der Waals surface area (Å²) in [7, 11) is 0. The Morgan fingerprint density at radius 1 is 1.11 bits per heavy atom. The summed E-state index contributed by atoms with van der Waals surface area (Å²) in [5.74, 6) is 1.70. The topological polar surface area (TPSA) is 62.5 Å². The minimum Gasteiger partial charge on any atom is -0.340 e. The molecule has 1 aliphatic carbocycles. The van der Waals surface area contributed by atoms with Crippen molar-refractivity contribution in [1.82, 2.24) is 19.9 Å². The SMILES string of the molecule is O=C(C1CCCCC1)N1CCN(Cc2noc(-c3ccccc3Cl)n2)CC1. The minimum atomic E-state index is 0.251. The number of piperazine rings is 1. The number of rotatable bonds is 4. The van der Waals surface area contributed by atoms with Gasteiger partial charge in [0.1, 0.15) is 0 Å². The van der Waals surface area contributed by atoms with Crippen molar-refractivity contribution in [3.8, 4) is 11.5 Å². The molecule has 0 unspecified atom stereocenters. The van der Waals surface area contributed by atoms with E-state index in [4.69, 9.17) is 16.1 Å². The van der Waals surface area contributed by atoms with Crippen molar-refractivity contribution < 1.29 is 9.32 Å². The van der Waals surface area contributed by atoms with Crippen LogP contribution in [0.4, 0.5) is 0 Å². The van der Waals surface area contributed by atoms with Crippen molar-refractivity contribution in [3.63, 3.8) is 0 Å². The van der Waals surface area contributed by atoms with E-state index >= 15 is 0 Å². The molecule has 2 fully saturated rings. The first-order chi connectivity index (χ1) is 13.2. The van der Waals surface area contributed by atoms with E-state index in [1.165, 1.54) is 19.3 Å². The molecular weight excluding hydrogens is 364 g/mol. The largest absolute Gasteiger partial charge is 0.340 e. The van der Waals surface area contributed by atoms with Gasteiger partial charge in [0.15, 0.2) is 5.82 Å². The number of carbonyl (C=O) groups excluding carboxylic acids is 1. The Balaban J connectivity index is 1.31. The van der Waals surface area contributed by atoms with Crippen molar-refractivity contribution in [3.05, 3.63) is 35.1 Å². The number of carbonyl (C=O) groups is 1. The number of hydrogen-bond acceptors (Lipinski definition) is 5. The molecule has 0 spiro atoms. The van der Waals surface area contributed by atoms with Crippen molar-refractivity contribution >= 4 is 17.5 Å². The lowest BCUT2D eigenvalue weighted by Gasteiger charge is -2.36. The predicted molar refractivity (Wildman–Crippen MR) is 103 cm³/mol. The van der Waals surface area contributed by atoms with Crippen LogP contribution in [0.15, 0.2) is 28.8 Å². The van der Waals surface area contributed by atoms with E-state index in [1.54, 1.807) is 0 Å². The van der Waals surface area contributed by atoms with Crippen LogP contribution in [-0.2, 0) is 11.3 Å². The average molecular weight is 389 g/mol. The Labute approximate surface area is 164 Å². The quantitative estimate of drug-likeness (QED) is 0.800. The third kappa shape index (κ3) is 4.33. The van der Waals surface area contributed by atoms with Gasteiger partial charge in [-0.15, -0.1) is 0 Å². The van der Waals surface area contributed by atoms with Gasteiger partial charge in [0, 0.05) is 32.1 Å². The van der Waals surface area contributed by atoms with E-state index < -0.39 is 0 Å². The van der Waals surface area contributed by atoms with Crippen molar-refractivity contribution in [1.29, 1.82) is 0 Å². The summed E-state index contributed by atoms with van der Waals surface area (Å²) >= 11 is 6.19. The van der Waals surface area contributed by atoms with Crippen LogP contribution in [-0.4, -0.2) is 52.0 Å². The van der Waals surface area contributed by atoms with E-state index in [0.717, 1.165) is 44.6 Å². The van der Waals surface area contributed by atoms with Crippen LogP contribution in [0.3, 0.4) is 0 Å². The molecule has 1 amide bonds. The van der Waals surface area contributed by atoms with E-state index in [2.05, 4.69) is 15.0 Å². The average Bonchev–Trinajstić information content (AvgIpc) is 3.17. The summed E-state index contributed by atoms with van der Waals surface area (Å²) < 4.78 is 5.38.